The Hall–Kier alpha value is -3.16. The molecule has 1 saturated heterocycles. The number of rotatable bonds is 8. The van der Waals surface area contributed by atoms with Crippen LogP contribution in [-0.4, -0.2) is 52.9 Å². The summed E-state index contributed by atoms with van der Waals surface area (Å²) in [5, 5.41) is 3.11. The number of aromatic nitrogens is 1. The van der Waals surface area contributed by atoms with Crippen molar-refractivity contribution >= 4 is 5.91 Å². The summed E-state index contributed by atoms with van der Waals surface area (Å²) in [4.78, 5) is 21.7. The van der Waals surface area contributed by atoms with Gasteiger partial charge < -0.3 is 14.5 Å². The number of nitrogens with zero attached hydrogens (tertiary/aromatic N) is 3. The lowest BCUT2D eigenvalue weighted by atomic mass is 9.95. The van der Waals surface area contributed by atoms with Crippen LogP contribution in [0.3, 0.4) is 0 Å². The zero-order chi connectivity index (χ0) is 23.9. The summed E-state index contributed by atoms with van der Waals surface area (Å²) in [6, 6.07) is 18.5. The summed E-state index contributed by atoms with van der Waals surface area (Å²) in [7, 11) is 0. The Bertz CT molecular complexity index is 1090. The summed E-state index contributed by atoms with van der Waals surface area (Å²) < 4.78 is 11.6. The highest BCUT2D eigenvalue weighted by Gasteiger charge is 2.22. The molecule has 2 aliphatic rings. The zero-order valence-corrected chi connectivity index (χ0v) is 20.2. The van der Waals surface area contributed by atoms with E-state index < -0.39 is 0 Å². The van der Waals surface area contributed by atoms with E-state index in [1.807, 2.05) is 36.4 Å². The summed E-state index contributed by atoms with van der Waals surface area (Å²) in [5.74, 6) is 2.20. The Kier molecular flexibility index (Phi) is 7.75. The second-order valence-electron chi connectivity index (χ2n) is 9.55. The minimum Gasteiger partial charge on any atom is -0.457 e. The molecule has 5 rings (SSSR count). The molecule has 35 heavy (non-hydrogen) atoms. The summed E-state index contributed by atoms with van der Waals surface area (Å²) >= 11 is 0. The van der Waals surface area contributed by atoms with Crippen LogP contribution in [0.2, 0.25) is 0 Å². The third-order valence-corrected chi connectivity index (χ3v) is 6.83. The largest absolute Gasteiger partial charge is 0.457 e. The van der Waals surface area contributed by atoms with E-state index >= 15 is 0 Å². The molecule has 3 aromatic rings. The van der Waals surface area contributed by atoms with Crippen molar-refractivity contribution in [2.24, 2.45) is 0 Å². The molecule has 7 nitrogen and oxygen atoms in total. The van der Waals surface area contributed by atoms with E-state index in [2.05, 4.69) is 38.3 Å². The van der Waals surface area contributed by atoms with Gasteiger partial charge in [0.25, 0.3) is 5.91 Å². The van der Waals surface area contributed by atoms with Crippen molar-refractivity contribution in [3.05, 3.63) is 78.0 Å². The van der Waals surface area contributed by atoms with Crippen LogP contribution in [0.15, 0.2) is 65.3 Å². The predicted molar refractivity (Wildman–Crippen MR) is 134 cm³/mol. The second kappa shape index (κ2) is 11.5. The molecule has 2 heterocycles. The van der Waals surface area contributed by atoms with Crippen molar-refractivity contribution in [1.82, 2.24) is 20.1 Å². The molecule has 0 spiro atoms. The zero-order valence-electron chi connectivity index (χ0n) is 20.2. The van der Waals surface area contributed by atoms with E-state index in [0.717, 1.165) is 57.1 Å². The van der Waals surface area contributed by atoms with E-state index in [1.54, 1.807) is 0 Å². The number of piperazine rings is 1. The molecule has 1 amide bonds. The minimum absolute atomic E-state index is 0.116. The predicted octanol–water partition coefficient (Wildman–Crippen LogP) is 4.85. The average molecular weight is 475 g/mol. The van der Waals surface area contributed by atoms with Crippen LogP contribution in [-0.2, 0) is 13.1 Å². The molecule has 7 heteroatoms. The third kappa shape index (κ3) is 6.71. The van der Waals surface area contributed by atoms with Gasteiger partial charge in [-0.3, -0.25) is 14.6 Å². The van der Waals surface area contributed by atoms with Gasteiger partial charge >= 0.3 is 0 Å². The Balaban J connectivity index is 1.07. The molecule has 1 aromatic heterocycles. The van der Waals surface area contributed by atoms with Crippen LogP contribution < -0.4 is 10.1 Å². The van der Waals surface area contributed by atoms with Gasteiger partial charge in [-0.2, -0.15) is 0 Å². The van der Waals surface area contributed by atoms with Crippen molar-refractivity contribution in [1.29, 1.82) is 0 Å². The fraction of sp³-hybridized carbons (Fsp3) is 0.429. The first-order valence-electron chi connectivity index (χ1n) is 12.7. The van der Waals surface area contributed by atoms with Crippen LogP contribution in [0.5, 0.6) is 11.5 Å². The molecule has 0 atom stereocenters. The van der Waals surface area contributed by atoms with E-state index in [1.165, 1.54) is 31.1 Å². The quantitative estimate of drug-likeness (QED) is 0.503. The van der Waals surface area contributed by atoms with Crippen molar-refractivity contribution in [3.8, 4) is 11.5 Å². The van der Waals surface area contributed by atoms with E-state index in [0.29, 0.717) is 18.1 Å². The second-order valence-corrected chi connectivity index (χ2v) is 9.55. The molecule has 184 valence electrons. The van der Waals surface area contributed by atoms with E-state index in [4.69, 9.17) is 9.15 Å². The summed E-state index contributed by atoms with van der Waals surface area (Å²) in [6.45, 7) is 5.34. The number of hydrogen-bond acceptors (Lipinski definition) is 6. The van der Waals surface area contributed by atoms with Crippen molar-refractivity contribution in [3.63, 3.8) is 0 Å². The number of carbonyl (C=O) groups is 1. The first-order valence-corrected chi connectivity index (χ1v) is 12.7. The van der Waals surface area contributed by atoms with Gasteiger partial charge in [-0.05, 0) is 42.7 Å². The molecule has 0 bridgehead atoms. The highest BCUT2D eigenvalue weighted by Crippen LogP contribution is 2.23. The number of para-hydroxylation sites is 1. The standard InChI is InChI=1S/C28H34N4O3/c33-28(29-23-9-3-1-4-10-23)26-21-34-27(30-26)20-32-16-14-31(15-17-32)19-22-8-7-13-25(18-22)35-24-11-5-2-6-12-24/h2,5-8,11-13,18,21,23H,1,3-4,9-10,14-17,19-20H2,(H,29,33). The van der Waals surface area contributed by atoms with Crippen LogP contribution in [0.1, 0.15) is 54.0 Å². The maximum Gasteiger partial charge on any atom is 0.273 e. The number of amides is 1. The fourth-order valence-electron chi connectivity index (χ4n) is 4.88. The topological polar surface area (TPSA) is 70.8 Å². The van der Waals surface area contributed by atoms with Gasteiger partial charge in [-0.25, -0.2) is 4.98 Å². The molecule has 1 aliphatic heterocycles. The number of hydrogen-bond donors (Lipinski definition) is 1. The van der Waals surface area contributed by atoms with Gasteiger partial charge in [-0.1, -0.05) is 49.6 Å². The van der Waals surface area contributed by atoms with Crippen LogP contribution >= 0.6 is 0 Å². The Morgan fingerprint density at radius 3 is 2.40 bits per heavy atom. The van der Waals surface area contributed by atoms with Gasteiger partial charge in [0.1, 0.15) is 17.8 Å². The normalized spacial score (nSPS) is 17.8. The first kappa shape index (κ1) is 23.6. The molecule has 1 aliphatic carbocycles. The highest BCUT2D eigenvalue weighted by atomic mass is 16.5. The molecule has 0 unspecified atom stereocenters. The third-order valence-electron chi connectivity index (χ3n) is 6.83. The van der Waals surface area contributed by atoms with Gasteiger partial charge in [-0.15, -0.1) is 0 Å². The molecule has 1 N–H and O–H groups in total. The Morgan fingerprint density at radius 1 is 0.914 bits per heavy atom. The number of benzene rings is 2. The van der Waals surface area contributed by atoms with Gasteiger partial charge in [0.15, 0.2) is 5.69 Å². The first-order chi connectivity index (χ1) is 17.2. The molecular weight excluding hydrogens is 440 g/mol. The number of oxazole rings is 1. The highest BCUT2D eigenvalue weighted by molar-refractivity contribution is 5.92. The van der Waals surface area contributed by atoms with Crippen molar-refractivity contribution in [2.75, 3.05) is 26.2 Å². The molecule has 2 aromatic carbocycles. The molecule has 0 radical (unpaired) electrons. The smallest absolute Gasteiger partial charge is 0.273 e. The fourth-order valence-corrected chi connectivity index (χ4v) is 4.88. The van der Waals surface area contributed by atoms with Crippen LogP contribution in [0.25, 0.3) is 0 Å². The average Bonchev–Trinajstić information content (AvgIpc) is 3.35. The Labute approximate surface area is 207 Å². The lowest BCUT2D eigenvalue weighted by molar-refractivity contribution is 0.0922. The maximum absolute atomic E-state index is 12.5. The van der Waals surface area contributed by atoms with Gasteiger partial charge in [0.2, 0.25) is 5.89 Å². The van der Waals surface area contributed by atoms with E-state index in [-0.39, 0.29) is 11.9 Å². The van der Waals surface area contributed by atoms with Crippen LogP contribution in [0.4, 0.5) is 0 Å². The number of ether oxygens (including phenoxy) is 1. The maximum atomic E-state index is 12.5. The van der Waals surface area contributed by atoms with E-state index in [9.17, 15) is 4.79 Å². The van der Waals surface area contributed by atoms with Crippen molar-refractivity contribution < 1.29 is 13.9 Å². The molecular formula is C28H34N4O3. The van der Waals surface area contributed by atoms with Gasteiger partial charge in [0, 0.05) is 38.8 Å². The lowest BCUT2D eigenvalue weighted by Crippen LogP contribution is -2.45. The SMILES string of the molecule is O=C(NC1CCCCC1)c1coc(CN2CCN(Cc3cccc(Oc4ccccc4)c3)CC2)n1. The number of nitrogens with one attached hydrogen (secondary N) is 1. The Morgan fingerprint density at radius 2 is 1.63 bits per heavy atom. The molecule has 1 saturated carbocycles. The summed E-state index contributed by atoms with van der Waals surface area (Å²) in [5.41, 5.74) is 1.63. The number of carbonyl (C=O) groups excluding carboxylic acids is 1. The van der Waals surface area contributed by atoms with Gasteiger partial charge in [0.05, 0.1) is 6.54 Å². The van der Waals surface area contributed by atoms with Crippen LogP contribution in [0, 0.1) is 0 Å². The lowest BCUT2D eigenvalue weighted by Gasteiger charge is -2.34. The minimum atomic E-state index is -0.116. The summed E-state index contributed by atoms with van der Waals surface area (Å²) in [6.07, 6.45) is 7.26. The molecule has 2 fully saturated rings. The monoisotopic (exact) mass is 474 g/mol. The van der Waals surface area contributed by atoms with Crippen molar-refractivity contribution in [2.45, 2.75) is 51.2 Å².